The molecule has 0 amide bonds. The number of benzene rings is 1. The maximum Gasteiger partial charge on any atom is 0.209 e. The summed E-state index contributed by atoms with van der Waals surface area (Å²) in [6.45, 7) is 2.17. The Morgan fingerprint density at radius 1 is 1.45 bits per heavy atom. The SMILES string of the molecule is OC1CCCN(Cc2ncc(-c3cccc(F)c3)o2)C1. The van der Waals surface area contributed by atoms with Crippen LogP contribution in [0.25, 0.3) is 11.3 Å². The van der Waals surface area contributed by atoms with E-state index in [1.807, 2.05) is 0 Å². The normalized spacial score (nSPS) is 20.2. The number of halogens is 1. The lowest BCUT2D eigenvalue weighted by atomic mass is 10.1. The van der Waals surface area contributed by atoms with Crippen molar-refractivity contribution in [2.75, 3.05) is 13.1 Å². The van der Waals surface area contributed by atoms with Crippen molar-refractivity contribution in [2.45, 2.75) is 25.5 Å². The monoisotopic (exact) mass is 276 g/mol. The van der Waals surface area contributed by atoms with Crippen molar-refractivity contribution in [1.29, 1.82) is 0 Å². The third-order valence-corrected chi connectivity index (χ3v) is 3.50. The fourth-order valence-corrected chi connectivity index (χ4v) is 2.52. The molecule has 0 radical (unpaired) electrons. The van der Waals surface area contributed by atoms with Gasteiger partial charge in [-0.1, -0.05) is 12.1 Å². The Hall–Kier alpha value is -1.72. The molecule has 0 bridgehead atoms. The smallest absolute Gasteiger partial charge is 0.209 e. The van der Waals surface area contributed by atoms with E-state index in [9.17, 15) is 9.50 Å². The fourth-order valence-electron chi connectivity index (χ4n) is 2.52. The number of likely N-dealkylation sites (tertiary alicyclic amines) is 1. The van der Waals surface area contributed by atoms with E-state index >= 15 is 0 Å². The standard InChI is InChI=1S/C15H17FN2O2/c16-12-4-1-3-11(7-12)14-8-17-15(20-14)10-18-6-2-5-13(19)9-18/h1,3-4,7-8,13,19H,2,5-6,9-10H2. The molecule has 5 heteroatoms. The lowest BCUT2D eigenvalue weighted by Gasteiger charge is -2.28. The van der Waals surface area contributed by atoms with Gasteiger partial charge in [0.25, 0.3) is 0 Å². The summed E-state index contributed by atoms with van der Waals surface area (Å²) >= 11 is 0. The summed E-state index contributed by atoms with van der Waals surface area (Å²) in [7, 11) is 0. The molecule has 4 nitrogen and oxygen atoms in total. The van der Waals surface area contributed by atoms with Crippen LogP contribution in [-0.2, 0) is 6.54 Å². The number of nitrogens with zero attached hydrogens (tertiary/aromatic N) is 2. The first-order valence-corrected chi connectivity index (χ1v) is 6.82. The van der Waals surface area contributed by atoms with Gasteiger partial charge >= 0.3 is 0 Å². The molecule has 3 rings (SSSR count). The van der Waals surface area contributed by atoms with Gasteiger partial charge in [0.05, 0.1) is 18.8 Å². The Morgan fingerprint density at radius 3 is 3.15 bits per heavy atom. The number of rotatable bonds is 3. The third-order valence-electron chi connectivity index (χ3n) is 3.50. The molecule has 1 aromatic carbocycles. The quantitative estimate of drug-likeness (QED) is 0.935. The van der Waals surface area contributed by atoms with Crippen LogP contribution in [0.1, 0.15) is 18.7 Å². The van der Waals surface area contributed by atoms with E-state index < -0.39 is 0 Å². The second kappa shape index (κ2) is 5.73. The zero-order valence-electron chi connectivity index (χ0n) is 11.1. The van der Waals surface area contributed by atoms with Gasteiger partial charge in [-0.15, -0.1) is 0 Å². The van der Waals surface area contributed by atoms with E-state index in [2.05, 4.69) is 9.88 Å². The van der Waals surface area contributed by atoms with E-state index in [1.54, 1.807) is 18.3 Å². The van der Waals surface area contributed by atoms with Gasteiger partial charge in [-0.2, -0.15) is 0 Å². The molecular formula is C15H17FN2O2. The molecule has 20 heavy (non-hydrogen) atoms. The minimum atomic E-state index is -0.292. The summed E-state index contributed by atoms with van der Waals surface area (Å²) < 4.78 is 18.8. The van der Waals surface area contributed by atoms with Crippen LogP contribution in [0.4, 0.5) is 4.39 Å². The number of aliphatic hydroxyl groups excluding tert-OH is 1. The largest absolute Gasteiger partial charge is 0.439 e. The molecule has 0 saturated carbocycles. The summed E-state index contributed by atoms with van der Waals surface area (Å²) in [6, 6.07) is 6.26. The summed E-state index contributed by atoms with van der Waals surface area (Å²) in [6.07, 6.45) is 3.20. The molecule has 2 heterocycles. The van der Waals surface area contributed by atoms with Gasteiger partial charge in [-0.25, -0.2) is 9.37 Å². The van der Waals surface area contributed by atoms with E-state index in [4.69, 9.17) is 4.42 Å². The Kier molecular flexibility index (Phi) is 3.80. The minimum Gasteiger partial charge on any atom is -0.439 e. The Morgan fingerprint density at radius 2 is 2.35 bits per heavy atom. The van der Waals surface area contributed by atoms with Crippen molar-refractivity contribution in [2.24, 2.45) is 0 Å². The summed E-state index contributed by atoms with van der Waals surface area (Å²) in [5.41, 5.74) is 0.683. The number of aromatic nitrogens is 1. The van der Waals surface area contributed by atoms with Gasteiger partial charge in [0.2, 0.25) is 5.89 Å². The van der Waals surface area contributed by atoms with Crippen LogP contribution in [0.5, 0.6) is 0 Å². The number of aliphatic hydroxyl groups is 1. The van der Waals surface area contributed by atoms with Gasteiger partial charge in [-0.3, -0.25) is 4.90 Å². The first-order valence-electron chi connectivity index (χ1n) is 6.82. The predicted molar refractivity (Wildman–Crippen MR) is 72.4 cm³/mol. The second-order valence-corrected chi connectivity index (χ2v) is 5.16. The number of β-amino-alcohol motifs (C(OH)–C–C–N with tert-alkyl or cyclic N) is 1. The van der Waals surface area contributed by atoms with Gasteiger partial charge in [-0.05, 0) is 31.5 Å². The van der Waals surface area contributed by atoms with Crippen LogP contribution < -0.4 is 0 Å². The average molecular weight is 276 g/mol. The maximum atomic E-state index is 13.2. The first-order chi connectivity index (χ1) is 9.70. The summed E-state index contributed by atoms with van der Waals surface area (Å²) in [5, 5.41) is 9.64. The van der Waals surface area contributed by atoms with E-state index in [0.717, 1.165) is 19.4 Å². The molecule has 0 aliphatic carbocycles. The highest BCUT2D eigenvalue weighted by molar-refractivity contribution is 5.56. The summed E-state index contributed by atoms with van der Waals surface area (Å²) in [4.78, 5) is 6.35. The second-order valence-electron chi connectivity index (χ2n) is 5.16. The van der Waals surface area contributed by atoms with Crippen molar-refractivity contribution >= 4 is 0 Å². The van der Waals surface area contributed by atoms with Gasteiger partial charge < -0.3 is 9.52 Å². The Bertz CT molecular complexity index is 585. The molecular weight excluding hydrogens is 259 g/mol. The van der Waals surface area contributed by atoms with Gasteiger partial charge in [0, 0.05) is 12.1 Å². The summed E-state index contributed by atoms with van der Waals surface area (Å²) in [5.74, 6) is 0.870. The molecule has 2 aromatic rings. The van der Waals surface area contributed by atoms with E-state index in [1.165, 1.54) is 12.1 Å². The van der Waals surface area contributed by atoms with Crippen molar-refractivity contribution < 1.29 is 13.9 Å². The predicted octanol–water partition coefficient (Wildman–Crippen LogP) is 2.44. The maximum absolute atomic E-state index is 13.2. The van der Waals surface area contributed by atoms with E-state index in [-0.39, 0.29) is 11.9 Å². The lowest BCUT2D eigenvalue weighted by molar-refractivity contribution is 0.0625. The van der Waals surface area contributed by atoms with Crippen molar-refractivity contribution in [1.82, 2.24) is 9.88 Å². The molecule has 1 saturated heterocycles. The van der Waals surface area contributed by atoms with Crippen LogP contribution in [0.2, 0.25) is 0 Å². The average Bonchev–Trinajstić information content (AvgIpc) is 2.87. The van der Waals surface area contributed by atoms with Crippen LogP contribution >= 0.6 is 0 Å². The molecule has 1 aromatic heterocycles. The number of hydrogen-bond acceptors (Lipinski definition) is 4. The van der Waals surface area contributed by atoms with Crippen LogP contribution in [-0.4, -0.2) is 34.2 Å². The number of hydrogen-bond donors (Lipinski definition) is 1. The highest BCUT2D eigenvalue weighted by Crippen LogP contribution is 2.22. The van der Waals surface area contributed by atoms with Crippen LogP contribution in [0, 0.1) is 5.82 Å². The third kappa shape index (κ3) is 3.05. The lowest BCUT2D eigenvalue weighted by Crippen LogP contribution is -2.37. The molecule has 0 spiro atoms. The molecule has 1 unspecified atom stereocenters. The van der Waals surface area contributed by atoms with Crippen molar-refractivity contribution in [3.8, 4) is 11.3 Å². The zero-order chi connectivity index (χ0) is 13.9. The van der Waals surface area contributed by atoms with Crippen LogP contribution in [0.15, 0.2) is 34.9 Å². The molecule has 1 aliphatic rings. The minimum absolute atomic E-state index is 0.263. The Balaban J connectivity index is 1.70. The van der Waals surface area contributed by atoms with Crippen molar-refractivity contribution in [3.05, 3.63) is 42.2 Å². The number of oxazole rings is 1. The molecule has 1 N–H and O–H groups in total. The van der Waals surface area contributed by atoms with Crippen molar-refractivity contribution in [3.63, 3.8) is 0 Å². The highest BCUT2D eigenvalue weighted by Gasteiger charge is 2.19. The number of piperidine rings is 1. The van der Waals surface area contributed by atoms with Crippen LogP contribution in [0.3, 0.4) is 0 Å². The topological polar surface area (TPSA) is 49.5 Å². The van der Waals surface area contributed by atoms with E-state index in [0.29, 0.717) is 30.3 Å². The van der Waals surface area contributed by atoms with Gasteiger partial charge in [0.15, 0.2) is 5.76 Å². The first kappa shape index (κ1) is 13.3. The fraction of sp³-hybridized carbons (Fsp3) is 0.400. The Labute approximate surface area is 116 Å². The molecule has 1 aliphatic heterocycles. The zero-order valence-corrected chi connectivity index (χ0v) is 11.1. The molecule has 1 fully saturated rings. The molecule has 106 valence electrons. The highest BCUT2D eigenvalue weighted by atomic mass is 19.1. The van der Waals surface area contributed by atoms with Gasteiger partial charge in [0.1, 0.15) is 5.82 Å². The molecule has 1 atom stereocenters.